The normalized spacial score (nSPS) is 16.1. The highest BCUT2D eigenvalue weighted by molar-refractivity contribution is 8.03. The van der Waals surface area contributed by atoms with E-state index in [0.29, 0.717) is 6.54 Å². The van der Waals surface area contributed by atoms with Crippen molar-refractivity contribution in [3.05, 3.63) is 88.9 Å². The van der Waals surface area contributed by atoms with Gasteiger partial charge in [-0.05, 0) is 41.5 Å². The van der Waals surface area contributed by atoms with Crippen molar-refractivity contribution < 1.29 is 30.7 Å². The Hall–Kier alpha value is -2.72. The SMILES string of the molecule is O=S(=O)(c1ccc(CN2C=CC3=CCSC3=C2)cc1)c1cccc(OC(F)(F)F)c1F. The molecule has 162 valence electrons. The second-order valence-corrected chi connectivity index (χ2v) is 9.70. The van der Waals surface area contributed by atoms with Gasteiger partial charge < -0.3 is 9.64 Å². The topological polar surface area (TPSA) is 46.6 Å². The van der Waals surface area contributed by atoms with Gasteiger partial charge in [-0.25, -0.2) is 12.8 Å². The molecule has 0 N–H and O–H groups in total. The van der Waals surface area contributed by atoms with Crippen LogP contribution in [0, 0.1) is 5.82 Å². The first-order chi connectivity index (χ1) is 14.6. The number of ether oxygens (including phenoxy) is 1. The van der Waals surface area contributed by atoms with Crippen LogP contribution in [0.5, 0.6) is 5.75 Å². The summed E-state index contributed by atoms with van der Waals surface area (Å²) >= 11 is 1.73. The van der Waals surface area contributed by atoms with Crippen molar-refractivity contribution in [1.29, 1.82) is 0 Å². The van der Waals surface area contributed by atoms with Gasteiger partial charge in [0, 0.05) is 29.6 Å². The van der Waals surface area contributed by atoms with E-state index in [4.69, 9.17) is 0 Å². The summed E-state index contributed by atoms with van der Waals surface area (Å²) in [7, 11) is -4.38. The number of hydrogen-bond acceptors (Lipinski definition) is 5. The molecule has 0 radical (unpaired) electrons. The monoisotopic (exact) mass is 469 g/mol. The Balaban J connectivity index is 1.55. The predicted octanol–water partition coefficient (Wildman–Crippen LogP) is 5.40. The highest BCUT2D eigenvalue weighted by Crippen LogP contribution is 2.35. The molecule has 2 aromatic rings. The number of allylic oxidation sites excluding steroid dienone is 2. The summed E-state index contributed by atoms with van der Waals surface area (Å²) in [5.74, 6) is -1.86. The smallest absolute Gasteiger partial charge is 0.403 e. The number of thioether (sulfide) groups is 1. The average Bonchev–Trinajstić information content (AvgIpc) is 3.17. The lowest BCUT2D eigenvalue weighted by molar-refractivity contribution is -0.275. The van der Waals surface area contributed by atoms with Crippen LogP contribution in [0.2, 0.25) is 0 Å². The van der Waals surface area contributed by atoms with Gasteiger partial charge in [-0.2, -0.15) is 0 Å². The van der Waals surface area contributed by atoms with Crippen LogP contribution in [0.15, 0.2) is 87.3 Å². The van der Waals surface area contributed by atoms with Crippen LogP contribution >= 0.6 is 11.8 Å². The number of sulfone groups is 1. The fraction of sp³-hybridized carbons (Fsp3) is 0.143. The lowest BCUT2D eigenvalue weighted by atomic mass is 10.1. The van der Waals surface area contributed by atoms with E-state index < -0.39 is 32.7 Å². The van der Waals surface area contributed by atoms with Gasteiger partial charge in [-0.3, -0.25) is 0 Å². The molecule has 2 aliphatic rings. The Labute approximate surface area is 180 Å². The molecule has 2 heterocycles. The third-order valence-electron chi connectivity index (χ3n) is 4.60. The van der Waals surface area contributed by atoms with Gasteiger partial charge in [0.25, 0.3) is 0 Å². The molecule has 2 aliphatic heterocycles. The maximum Gasteiger partial charge on any atom is 0.573 e. The fourth-order valence-corrected chi connectivity index (χ4v) is 5.46. The Bertz CT molecular complexity index is 1200. The van der Waals surface area contributed by atoms with Crippen LogP contribution in [0.1, 0.15) is 5.56 Å². The van der Waals surface area contributed by atoms with Crippen molar-refractivity contribution >= 4 is 21.6 Å². The largest absolute Gasteiger partial charge is 0.573 e. The summed E-state index contributed by atoms with van der Waals surface area (Å²) in [6, 6.07) is 8.38. The summed E-state index contributed by atoms with van der Waals surface area (Å²) in [5, 5.41) is 0. The Morgan fingerprint density at radius 1 is 1.10 bits per heavy atom. The zero-order chi connectivity index (χ0) is 22.2. The second-order valence-electron chi connectivity index (χ2n) is 6.72. The van der Waals surface area contributed by atoms with E-state index in [-0.39, 0.29) is 4.90 Å². The standard InChI is InChI=1S/C21H15F4NO3S2/c22-20-17(29-21(23,24)25)2-1-3-19(20)31(27,28)16-6-4-14(5-7-16)12-26-10-8-15-9-11-30-18(15)13-26/h1-10,13H,11-12H2. The first kappa shape index (κ1) is 21.5. The molecule has 0 aromatic heterocycles. The lowest BCUT2D eigenvalue weighted by Gasteiger charge is -2.21. The number of halogens is 4. The first-order valence-corrected chi connectivity index (χ1v) is 11.5. The molecule has 0 spiro atoms. The van der Waals surface area contributed by atoms with Crippen LogP contribution in [-0.2, 0) is 16.4 Å². The van der Waals surface area contributed by atoms with Crippen LogP contribution in [0.3, 0.4) is 0 Å². The molecule has 0 aliphatic carbocycles. The molecule has 0 bridgehead atoms. The van der Waals surface area contributed by atoms with Gasteiger partial charge in [0.15, 0.2) is 11.6 Å². The number of benzene rings is 2. The molecule has 0 amide bonds. The summed E-state index contributed by atoms with van der Waals surface area (Å²) < 4.78 is 80.9. The molecule has 10 heteroatoms. The van der Waals surface area contributed by atoms with Gasteiger partial charge >= 0.3 is 6.36 Å². The van der Waals surface area contributed by atoms with Crippen LogP contribution in [0.4, 0.5) is 17.6 Å². The summed E-state index contributed by atoms with van der Waals surface area (Å²) in [6.07, 6.45) is 2.94. The van der Waals surface area contributed by atoms with Gasteiger partial charge in [0.2, 0.25) is 9.84 Å². The predicted molar refractivity (Wildman–Crippen MR) is 108 cm³/mol. The van der Waals surface area contributed by atoms with E-state index in [2.05, 4.69) is 10.8 Å². The van der Waals surface area contributed by atoms with Crippen LogP contribution < -0.4 is 4.74 Å². The quantitative estimate of drug-likeness (QED) is 0.549. The van der Waals surface area contributed by atoms with Crippen LogP contribution in [0.25, 0.3) is 0 Å². The molecule has 2 aromatic carbocycles. The van der Waals surface area contributed by atoms with Gasteiger partial charge in [0.05, 0.1) is 4.90 Å². The summed E-state index contributed by atoms with van der Waals surface area (Å²) in [4.78, 5) is 2.01. The van der Waals surface area contributed by atoms with Crippen molar-refractivity contribution in [3.63, 3.8) is 0 Å². The third-order valence-corrected chi connectivity index (χ3v) is 7.37. The van der Waals surface area contributed by atoms with E-state index in [1.165, 1.54) is 17.7 Å². The van der Waals surface area contributed by atoms with E-state index in [0.717, 1.165) is 34.4 Å². The van der Waals surface area contributed by atoms with Gasteiger partial charge in [-0.1, -0.05) is 24.3 Å². The number of fused-ring (bicyclic) bond motifs is 1. The number of alkyl halides is 3. The van der Waals surface area contributed by atoms with E-state index >= 15 is 0 Å². The van der Waals surface area contributed by atoms with Crippen LogP contribution in [-0.4, -0.2) is 25.4 Å². The lowest BCUT2D eigenvalue weighted by Crippen LogP contribution is -2.18. The summed E-state index contributed by atoms with van der Waals surface area (Å²) in [5.41, 5.74) is 1.99. The molecule has 0 saturated carbocycles. The maximum atomic E-state index is 14.4. The fourth-order valence-electron chi connectivity index (χ4n) is 3.15. The van der Waals surface area contributed by atoms with Crippen molar-refractivity contribution in [1.82, 2.24) is 4.90 Å². The zero-order valence-corrected chi connectivity index (χ0v) is 17.4. The molecular formula is C21H15F4NO3S2. The Kier molecular flexibility index (Phi) is 5.61. The molecule has 0 atom stereocenters. The minimum atomic E-state index is -5.14. The van der Waals surface area contributed by atoms with Gasteiger partial charge in [0.1, 0.15) is 4.90 Å². The van der Waals surface area contributed by atoms with E-state index in [1.54, 1.807) is 23.9 Å². The molecule has 4 rings (SSSR count). The molecular weight excluding hydrogens is 454 g/mol. The second kappa shape index (κ2) is 8.08. The molecule has 4 nitrogen and oxygen atoms in total. The Morgan fingerprint density at radius 2 is 1.84 bits per heavy atom. The highest BCUT2D eigenvalue weighted by Gasteiger charge is 2.34. The maximum absolute atomic E-state index is 14.4. The summed E-state index contributed by atoms with van der Waals surface area (Å²) in [6.45, 7) is 0.497. The Morgan fingerprint density at radius 3 is 2.55 bits per heavy atom. The molecule has 0 saturated heterocycles. The minimum absolute atomic E-state index is 0.233. The van der Waals surface area contributed by atoms with Gasteiger partial charge in [-0.15, -0.1) is 24.9 Å². The van der Waals surface area contributed by atoms with Crippen molar-refractivity contribution in [2.75, 3.05) is 5.75 Å². The number of rotatable bonds is 5. The number of nitrogens with zero attached hydrogens (tertiary/aromatic N) is 1. The van der Waals surface area contributed by atoms with Crippen molar-refractivity contribution in [3.8, 4) is 5.75 Å². The zero-order valence-electron chi connectivity index (χ0n) is 15.8. The first-order valence-electron chi connectivity index (χ1n) is 9.01. The van der Waals surface area contributed by atoms with Crippen molar-refractivity contribution in [2.45, 2.75) is 22.7 Å². The molecule has 0 fully saturated rings. The third kappa shape index (κ3) is 4.64. The molecule has 31 heavy (non-hydrogen) atoms. The minimum Gasteiger partial charge on any atom is -0.403 e. The molecule has 0 unspecified atom stereocenters. The van der Waals surface area contributed by atoms with E-state index in [1.807, 2.05) is 23.4 Å². The van der Waals surface area contributed by atoms with E-state index in [9.17, 15) is 26.0 Å². The average molecular weight is 469 g/mol. The highest BCUT2D eigenvalue weighted by atomic mass is 32.2. The number of hydrogen-bond donors (Lipinski definition) is 0. The van der Waals surface area contributed by atoms with Crippen molar-refractivity contribution in [2.24, 2.45) is 0 Å².